The third-order valence-electron chi connectivity index (χ3n) is 4.54. The maximum atomic E-state index is 6.09. The van der Waals surface area contributed by atoms with Gasteiger partial charge < -0.3 is 14.8 Å². The molecule has 146 valence electrons. The fourth-order valence-electron chi connectivity index (χ4n) is 2.96. The smallest absolute Gasteiger partial charge is 0.162 e. The van der Waals surface area contributed by atoms with Gasteiger partial charge >= 0.3 is 0 Å². The summed E-state index contributed by atoms with van der Waals surface area (Å²) in [6, 6.07) is 22.7. The van der Waals surface area contributed by atoms with Crippen LogP contribution in [0.15, 0.2) is 71.2 Å². The topological polar surface area (TPSA) is 30.5 Å². The van der Waals surface area contributed by atoms with Gasteiger partial charge in [-0.1, -0.05) is 70.5 Å². The number of aryl methyl sites for hydroxylation is 1. The Morgan fingerprint density at radius 2 is 1.54 bits per heavy atom. The lowest BCUT2D eigenvalue weighted by Gasteiger charge is -2.16. The number of nitrogens with one attached hydrogen (secondary N) is 1. The molecule has 0 unspecified atom stereocenters. The molecule has 0 aliphatic rings. The zero-order chi connectivity index (χ0) is 19.8. The number of benzene rings is 3. The summed E-state index contributed by atoms with van der Waals surface area (Å²) in [5.74, 6) is 1.53. The lowest BCUT2D eigenvalue weighted by molar-refractivity contribution is 0.268. The van der Waals surface area contributed by atoms with Gasteiger partial charge in [0.2, 0.25) is 0 Å². The average molecular weight is 440 g/mol. The molecule has 3 aromatic carbocycles. The first-order chi connectivity index (χ1) is 13.7. The maximum absolute atomic E-state index is 6.09. The van der Waals surface area contributed by atoms with Crippen LogP contribution in [0.5, 0.6) is 11.5 Å². The largest absolute Gasteiger partial charge is 0.490 e. The van der Waals surface area contributed by atoms with Crippen molar-refractivity contribution in [1.29, 1.82) is 0 Å². The molecule has 3 rings (SSSR count). The highest BCUT2D eigenvalue weighted by molar-refractivity contribution is 9.10. The van der Waals surface area contributed by atoms with Gasteiger partial charge in [-0.05, 0) is 48.2 Å². The van der Waals surface area contributed by atoms with Gasteiger partial charge in [0, 0.05) is 17.6 Å². The molecule has 0 fully saturated rings. The van der Waals surface area contributed by atoms with Crippen molar-refractivity contribution in [3.05, 3.63) is 93.5 Å². The SMILES string of the molecule is CCOc1cc(CNCc2ccccc2)c(Br)cc1OCc1ccccc1C. The molecule has 0 aliphatic carbocycles. The van der Waals surface area contributed by atoms with Gasteiger partial charge in [-0.15, -0.1) is 0 Å². The van der Waals surface area contributed by atoms with Gasteiger partial charge in [0.05, 0.1) is 6.61 Å². The Balaban J connectivity index is 1.69. The molecule has 0 saturated heterocycles. The molecule has 0 amide bonds. The van der Waals surface area contributed by atoms with Crippen LogP contribution in [0.1, 0.15) is 29.2 Å². The molecule has 0 aliphatic heterocycles. The van der Waals surface area contributed by atoms with Crippen molar-refractivity contribution in [2.75, 3.05) is 6.61 Å². The molecular formula is C24H26BrNO2. The number of hydrogen-bond acceptors (Lipinski definition) is 3. The molecule has 3 aromatic rings. The standard InChI is InChI=1S/C24H26BrNO2/c1-3-27-23-13-21(16-26-15-19-10-5-4-6-11-19)22(25)14-24(23)28-17-20-12-8-7-9-18(20)2/h4-14,26H,3,15-17H2,1-2H3. The molecule has 4 heteroatoms. The van der Waals surface area contributed by atoms with Crippen LogP contribution in [-0.4, -0.2) is 6.61 Å². The predicted octanol–water partition coefficient (Wildman–Crippen LogP) is 6.03. The van der Waals surface area contributed by atoms with Gasteiger partial charge in [0.15, 0.2) is 11.5 Å². The van der Waals surface area contributed by atoms with Crippen molar-refractivity contribution in [3.63, 3.8) is 0 Å². The van der Waals surface area contributed by atoms with Crippen LogP contribution in [-0.2, 0) is 19.7 Å². The van der Waals surface area contributed by atoms with Crippen molar-refractivity contribution in [2.45, 2.75) is 33.5 Å². The van der Waals surface area contributed by atoms with E-state index in [2.05, 4.69) is 70.6 Å². The number of ether oxygens (including phenoxy) is 2. The second kappa shape index (κ2) is 10.3. The molecule has 0 saturated carbocycles. The monoisotopic (exact) mass is 439 g/mol. The van der Waals surface area contributed by atoms with Crippen LogP contribution >= 0.6 is 15.9 Å². The van der Waals surface area contributed by atoms with Crippen molar-refractivity contribution in [2.24, 2.45) is 0 Å². The average Bonchev–Trinajstić information content (AvgIpc) is 2.71. The Bertz CT molecular complexity index is 896. The van der Waals surface area contributed by atoms with Crippen molar-refractivity contribution >= 4 is 15.9 Å². The minimum atomic E-state index is 0.519. The van der Waals surface area contributed by atoms with E-state index in [-0.39, 0.29) is 0 Å². The summed E-state index contributed by atoms with van der Waals surface area (Å²) in [5.41, 5.74) is 4.81. The van der Waals surface area contributed by atoms with E-state index in [1.165, 1.54) is 16.7 Å². The first kappa shape index (κ1) is 20.4. The quantitative estimate of drug-likeness (QED) is 0.441. The highest BCUT2D eigenvalue weighted by atomic mass is 79.9. The second-order valence-corrected chi connectivity index (χ2v) is 7.48. The lowest BCUT2D eigenvalue weighted by atomic mass is 10.1. The second-order valence-electron chi connectivity index (χ2n) is 6.63. The van der Waals surface area contributed by atoms with Crippen molar-refractivity contribution in [1.82, 2.24) is 5.32 Å². The Morgan fingerprint density at radius 1 is 0.821 bits per heavy atom. The Labute approximate surface area is 175 Å². The van der Waals surface area contributed by atoms with E-state index in [1.807, 2.05) is 31.2 Å². The van der Waals surface area contributed by atoms with Crippen LogP contribution < -0.4 is 14.8 Å². The van der Waals surface area contributed by atoms with E-state index in [1.54, 1.807) is 0 Å². The van der Waals surface area contributed by atoms with Crippen LogP contribution in [0.3, 0.4) is 0 Å². The zero-order valence-corrected chi connectivity index (χ0v) is 18.0. The molecule has 28 heavy (non-hydrogen) atoms. The number of rotatable bonds is 9. The lowest BCUT2D eigenvalue weighted by Crippen LogP contribution is -2.13. The molecule has 0 bridgehead atoms. The summed E-state index contributed by atoms with van der Waals surface area (Å²) in [6.45, 7) is 6.76. The number of halogens is 1. The van der Waals surface area contributed by atoms with E-state index < -0.39 is 0 Å². The van der Waals surface area contributed by atoms with Gasteiger partial charge in [0.1, 0.15) is 6.61 Å². The molecule has 1 N–H and O–H groups in total. The summed E-state index contributed by atoms with van der Waals surface area (Å²) in [5, 5.41) is 3.49. The van der Waals surface area contributed by atoms with E-state index in [0.717, 1.165) is 34.6 Å². The highest BCUT2D eigenvalue weighted by Crippen LogP contribution is 2.34. The first-order valence-electron chi connectivity index (χ1n) is 9.54. The third kappa shape index (κ3) is 5.60. The zero-order valence-electron chi connectivity index (χ0n) is 16.4. The van der Waals surface area contributed by atoms with E-state index in [9.17, 15) is 0 Å². The minimum Gasteiger partial charge on any atom is -0.490 e. The molecule has 0 atom stereocenters. The Hall–Kier alpha value is -2.30. The Morgan fingerprint density at radius 3 is 2.29 bits per heavy atom. The van der Waals surface area contributed by atoms with Crippen LogP contribution in [0.4, 0.5) is 0 Å². The fourth-order valence-corrected chi connectivity index (χ4v) is 3.42. The van der Waals surface area contributed by atoms with Crippen molar-refractivity contribution < 1.29 is 9.47 Å². The molecule has 0 aromatic heterocycles. The summed E-state index contributed by atoms with van der Waals surface area (Å²) in [4.78, 5) is 0. The summed E-state index contributed by atoms with van der Waals surface area (Å²) < 4.78 is 12.9. The summed E-state index contributed by atoms with van der Waals surface area (Å²) in [7, 11) is 0. The van der Waals surface area contributed by atoms with E-state index in [0.29, 0.717) is 13.2 Å². The molecule has 0 spiro atoms. The molecule has 0 radical (unpaired) electrons. The first-order valence-corrected chi connectivity index (χ1v) is 10.3. The van der Waals surface area contributed by atoms with Gasteiger partial charge in [-0.25, -0.2) is 0 Å². The maximum Gasteiger partial charge on any atom is 0.162 e. The van der Waals surface area contributed by atoms with Crippen LogP contribution in [0.2, 0.25) is 0 Å². The van der Waals surface area contributed by atoms with Gasteiger partial charge in [0.25, 0.3) is 0 Å². The highest BCUT2D eigenvalue weighted by Gasteiger charge is 2.12. The third-order valence-corrected chi connectivity index (χ3v) is 5.28. The normalized spacial score (nSPS) is 10.7. The van der Waals surface area contributed by atoms with Gasteiger partial charge in [-0.2, -0.15) is 0 Å². The molecule has 3 nitrogen and oxygen atoms in total. The van der Waals surface area contributed by atoms with Crippen molar-refractivity contribution in [3.8, 4) is 11.5 Å². The minimum absolute atomic E-state index is 0.519. The molecule has 0 heterocycles. The summed E-state index contributed by atoms with van der Waals surface area (Å²) >= 11 is 3.68. The van der Waals surface area contributed by atoms with Crippen LogP contribution in [0.25, 0.3) is 0 Å². The number of hydrogen-bond donors (Lipinski definition) is 1. The summed E-state index contributed by atoms with van der Waals surface area (Å²) in [6.07, 6.45) is 0. The van der Waals surface area contributed by atoms with Gasteiger partial charge in [-0.3, -0.25) is 0 Å². The van der Waals surface area contributed by atoms with E-state index in [4.69, 9.17) is 9.47 Å². The fraction of sp³-hybridized carbons (Fsp3) is 0.250. The van der Waals surface area contributed by atoms with Crippen LogP contribution in [0, 0.1) is 6.92 Å². The van der Waals surface area contributed by atoms with E-state index >= 15 is 0 Å². The molecular weight excluding hydrogens is 414 g/mol. The predicted molar refractivity (Wildman–Crippen MR) is 118 cm³/mol. The Kier molecular flexibility index (Phi) is 7.52.